The van der Waals surface area contributed by atoms with E-state index in [1.54, 1.807) is 22.7 Å². The molecule has 1 unspecified atom stereocenters. The summed E-state index contributed by atoms with van der Waals surface area (Å²) in [6, 6.07) is 6.87. The van der Waals surface area contributed by atoms with Crippen LogP contribution in [0.4, 0.5) is 0 Å². The van der Waals surface area contributed by atoms with Crippen molar-refractivity contribution in [3.8, 4) is 10.4 Å². The van der Waals surface area contributed by atoms with Crippen molar-refractivity contribution in [3.05, 3.63) is 60.5 Å². The SMILES string of the molecule is Cc1ccc(-c2csc3nc(C[NH+]4CCc5sccc5[C@@H]4C)[nH]c(=O)c23)s1. The van der Waals surface area contributed by atoms with Gasteiger partial charge in [-0.2, -0.15) is 0 Å². The average Bonchev–Trinajstić information content (AvgIpc) is 3.36. The molecule has 5 rings (SSSR count). The smallest absolute Gasteiger partial charge is 0.260 e. The third-order valence-electron chi connectivity index (χ3n) is 5.43. The summed E-state index contributed by atoms with van der Waals surface area (Å²) in [5, 5.41) is 4.98. The van der Waals surface area contributed by atoms with Crippen LogP contribution in [0.1, 0.15) is 34.1 Å². The van der Waals surface area contributed by atoms with E-state index in [4.69, 9.17) is 4.98 Å². The van der Waals surface area contributed by atoms with Gasteiger partial charge in [0.2, 0.25) is 0 Å². The highest BCUT2D eigenvalue weighted by Crippen LogP contribution is 2.35. The fourth-order valence-electron chi connectivity index (χ4n) is 3.94. The van der Waals surface area contributed by atoms with Crippen molar-refractivity contribution in [1.29, 1.82) is 0 Å². The summed E-state index contributed by atoms with van der Waals surface area (Å²) < 4.78 is 0. The number of quaternary nitrogens is 1. The Bertz CT molecular complexity index is 1180. The monoisotopic (exact) mass is 414 g/mol. The normalized spacial score (nSPS) is 19.5. The molecule has 0 spiro atoms. The summed E-state index contributed by atoms with van der Waals surface area (Å²) >= 11 is 5.15. The molecule has 7 heteroatoms. The number of hydrogen-bond acceptors (Lipinski definition) is 5. The summed E-state index contributed by atoms with van der Waals surface area (Å²) in [7, 11) is 0. The molecule has 1 aliphatic heterocycles. The lowest BCUT2D eigenvalue weighted by Crippen LogP contribution is -3.11. The number of aryl methyl sites for hydroxylation is 1. The molecule has 0 amide bonds. The van der Waals surface area contributed by atoms with Crippen LogP contribution in [-0.2, 0) is 13.0 Å². The Hall–Kier alpha value is -1.80. The Morgan fingerprint density at radius 2 is 2.19 bits per heavy atom. The Morgan fingerprint density at radius 3 is 3.00 bits per heavy atom. The molecule has 0 fully saturated rings. The molecular formula is C20H20N3OS3+. The minimum Gasteiger partial charge on any atom is -0.322 e. The van der Waals surface area contributed by atoms with Crippen LogP contribution in [0.2, 0.25) is 0 Å². The second-order valence-corrected chi connectivity index (χ2v) is 10.3. The van der Waals surface area contributed by atoms with E-state index in [0.29, 0.717) is 6.04 Å². The standard InChI is InChI=1S/C20H19N3OS3/c1-11-3-4-16(27-11)14-10-26-20-18(14)19(24)21-17(22-20)9-23-7-5-15-13(12(23)2)6-8-25-15/h3-4,6,8,10,12H,5,7,9H2,1-2H3,(H,21,22,24)/p+1/t12-/m0/s1. The number of hydrogen-bond donors (Lipinski definition) is 2. The molecule has 27 heavy (non-hydrogen) atoms. The summed E-state index contributed by atoms with van der Waals surface area (Å²) in [5.74, 6) is 0.795. The molecule has 0 radical (unpaired) electrons. The maximum atomic E-state index is 12.9. The first-order valence-electron chi connectivity index (χ1n) is 9.08. The first kappa shape index (κ1) is 17.3. The molecule has 1 aliphatic rings. The third-order valence-corrected chi connectivity index (χ3v) is 8.33. The van der Waals surface area contributed by atoms with Crippen molar-refractivity contribution in [1.82, 2.24) is 9.97 Å². The Labute approximate surface area is 169 Å². The van der Waals surface area contributed by atoms with Crippen LogP contribution in [0.25, 0.3) is 20.7 Å². The van der Waals surface area contributed by atoms with Crippen LogP contribution in [0.3, 0.4) is 0 Å². The number of H-pyrrole nitrogens is 1. The second-order valence-electron chi connectivity index (χ2n) is 7.11. The lowest BCUT2D eigenvalue weighted by molar-refractivity contribution is -0.945. The maximum absolute atomic E-state index is 12.9. The van der Waals surface area contributed by atoms with Gasteiger partial charge in [0.15, 0.2) is 5.82 Å². The predicted molar refractivity (Wildman–Crippen MR) is 114 cm³/mol. The molecule has 0 saturated heterocycles. The van der Waals surface area contributed by atoms with Crippen LogP contribution in [0, 0.1) is 6.92 Å². The Balaban J connectivity index is 1.48. The number of aromatic nitrogens is 2. The van der Waals surface area contributed by atoms with Gasteiger partial charge >= 0.3 is 0 Å². The van der Waals surface area contributed by atoms with Gasteiger partial charge in [-0.1, -0.05) is 0 Å². The number of rotatable bonds is 3. The van der Waals surface area contributed by atoms with E-state index in [0.717, 1.165) is 46.0 Å². The lowest BCUT2D eigenvalue weighted by Gasteiger charge is -2.30. The van der Waals surface area contributed by atoms with E-state index in [2.05, 4.69) is 47.8 Å². The van der Waals surface area contributed by atoms with E-state index in [1.165, 1.54) is 20.2 Å². The zero-order valence-electron chi connectivity index (χ0n) is 15.2. The van der Waals surface area contributed by atoms with Gasteiger partial charge in [0, 0.05) is 37.6 Å². The molecule has 5 heterocycles. The highest BCUT2D eigenvalue weighted by atomic mass is 32.1. The molecule has 2 atom stereocenters. The summed E-state index contributed by atoms with van der Waals surface area (Å²) in [6.45, 7) is 6.21. The highest BCUT2D eigenvalue weighted by molar-refractivity contribution is 7.19. The number of nitrogens with one attached hydrogen (secondary N) is 2. The summed E-state index contributed by atoms with van der Waals surface area (Å²) in [4.78, 5) is 26.9. The molecular weight excluding hydrogens is 394 g/mol. The molecule has 4 aromatic rings. The molecule has 138 valence electrons. The average molecular weight is 415 g/mol. The predicted octanol–water partition coefficient (Wildman–Crippen LogP) is 3.79. The van der Waals surface area contributed by atoms with Gasteiger partial charge in [-0.15, -0.1) is 34.0 Å². The van der Waals surface area contributed by atoms with Crippen LogP contribution >= 0.6 is 34.0 Å². The van der Waals surface area contributed by atoms with E-state index in [9.17, 15) is 4.79 Å². The van der Waals surface area contributed by atoms with Crippen molar-refractivity contribution in [3.63, 3.8) is 0 Å². The maximum Gasteiger partial charge on any atom is 0.260 e. The number of aromatic amines is 1. The first-order chi connectivity index (χ1) is 13.1. The minimum absolute atomic E-state index is 0.0161. The van der Waals surface area contributed by atoms with Crippen molar-refractivity contribution in [2.24, 2.45) is 0 Å². The van der Waals surface area contributed by atoms with Crippen LogP contribution in [0.15, 0.2) is 33.8 Å². The van der Waals surface area contributed by atoms with Crippen LogP contribution in [-0.4, -0.2) is 16.5 Å². The van der Waals surface area contributed by atoms with Crippen LogP contribution < -0.4 is 10.5 Å². The van der Waals surface area contributed by atoms with Crippen LogP contribution in [0.5, 0.6) is 0 Å². The molecule has 4 nitrogen and oxygen atoms in total. The quantitative estimate of drug-likeness (QED) is 0.536. The summed E-state index contributed by atoms with van der Waals surface area (Å²) in [5.41, 5.74) is 2.45. The van der Waals surface area contributed by atoms with Gasteiger partial charge in [0.25, 0.3) is 5.56 Å². The molecule has 0 saturated carbocycles. The minimum atomic E-state index is -0.0161. The van der Waals surface area contributed by atoms with E-state index >= 15 is 0 Å². The van der Waals surface area contributed by atoms with Gasteiger partial charge in [-0.05, 0) is 37.4 Å². The highest BCUT2D eigenvalue weighted by Gasteiger charge is 2.29. The van der Waals surface area contributed by atoms with Gasteiger partial charge in [-0.25, -0.2) is 4.98 Å². The Morgan fingerprint density at radius 1 is 1.30 bits per heavy atom. The Kier molecular flexibility index (Phi) is 4.27. The fourth-order valence-corrected chi connectivity index (χ4v) is 6.85. The molecule has 0 bridgehead atoms. The molecule has 0 aliphatic carbocycles. The first-order valence-corrected chi connectivity index (χ1v) is 11.7. The van der Waals surface area contributed by atoms with Gasteiger partial charge in [-0.3, -0.25) is 4.79 Å². The molecule has 0 aromatic carbocycles. The largest absolute Gasteiger partial charge is 0.322 e. The van der Waals surface area contributed by atoms with Gasteiger partial charge < -0.3 is 9.88 Å². The number of fused-ring (bicyclic) bond motifs is 2. The topological polar surface area (TPSA) is 50.2 Å². The zero-order chi connectivity index (χ0) is 18.5. The fraction of sp³-hybridized carbons (Fsp3) is 0.300. The van der Waals surface area contributed by atoms with Gasteiger partial charge in [0.1, 0.15) is 17.4 Å². The lowest BCUT2D eigenvalue weighted by atomic mass is 10.0. The van der Waals surface area contributed by atoms with E-state index in [-0.39, 0.29) is 5.56 Å². The summed E-state index contributed by atoms with van der Waals surface area (Å²) in [6.07, 6.45) is 1.11. The molecule has 4 aromatic heterocycles. The van der Waals surface area contributed by atoms with E-state index < -0.39 is 0 Å². The van der Waals surface area contributed by atoms with Crippen molar-refractivity contribution < 1.29 is 4.90 Å². The van der Waals surface area contributed by atoms with Crippen molar-refractivity contribution >= 4 is 44.2 Å². The second kappa shape index (κ2) is 6.67. The van der Waals surface area contributed by atoms with Gasteiger partial charge in [0.05, 0.1) is 11.9 Å². The van der Waals surface area contributed by atoms with E-state index in [1.807, 2.05) is 11.3 Å². The third kappa shape index (κ3) is 2.99. The van der Waals surface area contributed by atoms with Crippen molar-refractivity contribution in [2.45, 2.75) is 32.9 Å². The number of nitrogens with zero attached hydrogens (tertiary/aromatic N) is 1. The zero-order valence-corrected chi connectivity index (χ0v) is 17.6. The number of thiophene rings is 3. The molecule has 2 N–H and O–H groups in total. The van der Waals surface area contributed by atoms with Crippen molar-refractivity contribution in [2.75, 3.05) is 6.54 Å².